The Hall–Kier alpha value is -2.36. The summed E-state index contributed by atoms with van der Waals surface area (Å²) in [5, 5.41) is 7.89. The molecule has 0 radical (unpaired) electrons. The van der Waals surface area contributed by atoms with Gasteiger partial charge in [0.25, 0.3) is 0 Å². The van der Waals surface area contributed by atoms with E-state index in [4.69, 9.17) is 5.11 Å². The van der Waals surface area contributed by atoms with Crippen LogP contribution in [0.2, 0.25) is 0 Å². The number of hydrogen-bond donors (Lipinski definition) is 1. The summed E-state index contributed by atoms with van der Waals surface area (Å²) in [5.41, 5.74) is 0.711. The molecule has 0 heterocycles. The van der Waals surface area contributed by atoms with Gasteiger partial charge in [-0.25, -0.2) is 9.59 Å². The zero-order chi connectivity index (χ0) is 13.3. The van der Waals surface area contributed by atoms with Gasteiger partial charge >= 0.3 is 11.9 Å². The minimum absolute atomic E-state index is 0.176. The highest BCUT2D eigenvalue weighted by molar-refractivity contribution is 5.89. The lowest BCUT2D eigenvalue weighted by atomic mass is 10.2. The van der Waals surface area contributed by atoms with Gasteiger partial charge in [-0.1, -0.05) is 31.4 Å². The van der Waals surface area contributed by atoms with E-state index >= 15 is 0 Å². The maximum Gasteiger partial charge on any atom is 0.342 e. The number of carbonyl (C=O) groups excluding carboxylic acids is 1. The molecule has 1 N–H and O–H groups in total. The van der Waals surface area contributed by atoms with E-state index in [0.717, 1.165) is 6.26 Å². The number of carbonyl (C=O) groups is 2. The predicted molar refractivity (Wildman–Crippen MR) is 64.5 cm³/mol. The van der Waals surface area contributed by atoms with Gasteiger partial charge in [0.2, 0.25) is 0 Å². The third-order valence-corrected chi connectivity index (χ3v) is 1.56. The SMILES string of the molecule is C=C(C)C(=O)O.C=COC(=O)c1ccccc1. The summed E-state index contributed by atoms with van der Waals surface area (Å²) in [4.78, 5) is 20.6. The van der Waals surface area contributed by atoms with Gasteiger partial charge in [0.1, 0.15) is 0 Å². The minimum atomic E-state index is -0.935. The molecule has 17 heavy (non-hydrogen) atoms. The first kappa shape index (κ1) is 14.6. The fraction of sp³-hybridized carbons (Fsp3) is 0.0769. The third kappa shape index (κ3) is 6.67. The Kier molecular flexibility index (Phi) is 6.78. The van der Waals surface area contributed by atoms with E-state index in [1.54, 1.807) is 24.3 Å². The Morgan fingerprint density at radius 1 is 1.29 bits per heavy atom. The van der Waals surface area contributed by atoms with E-state index in [1.807, 2.05) is 6.07 Å². The second kappa shape index (κ2) is 7.87. The van der Waals surface area contributed by atoms with Gasteiger partial charge in [0, 0.05) is 5.57 Å². The average Bonchev–Trinajstić information content (AvgIpc) is 2.31. The highest BCUT2D eigenvalue weighted by atomic mass is 16.5. The number of carboxylic acids is 1. The number of carboxylic acid groups (broad SMARTS) is 1. The number of benzene rings is 1. The summed E-state index contributed by atoms with van der Waals surface area (Å²) in [6, 6.07) is 8.77. The van der Waals surface area contributed by atoms with Gasteiger partial charge in [-0.3, -0.25) is 0 Å². The van der Waals surface area contributed by atoms with Gasteiger partial charge in [-0.2, -0.15) is 0 Å². The van der Waals surface area contributed by atoms with Crippen LogP contribution in [0.25, 0.3) is 0 Å². The lowest BCUT2D eigenvalue weighted by Crippen LogP contribution is -1.98. The Balaban J connectivity index is 0.000000366. The van der Waals surface area contributed by atoms with E-state index in [1.165, 1.54) is 6.92 Å². The molecule has 0 bridgehead atoms. The molecule has 4 heteroatoms. The van der Waals surface area contributed by atoms with E-state index in [-0.39, 0.29) is 11.5 Å². The van der Waals surface area contributed by atoms with Gasteiger partial charge in [0.05, 0.1) is 11.8 Å². The molecule has 0 saturated carbocycles. The molecule has 0 aliphatic rings. The summed E-state index contributed by atoms with van der Waals surface area (Å²) in [7, 11) is 0. The van der Waals surface area contributed by atoms with E-state index < -0.39 is 5.97 Å². The van der Waals surface area contributed by atoms with E-state index in [9.17, 15) is 9.59 Å². The third-order valence-electron chi connectivity index (χ3n) is 1.56. The zero-order valence-corrected chi connectivity index (χ0v) is 9.55. The summed E-state index contributed by atoms with van der Waals surface area (Å²) in [6.45, 7) is 7.88. The second-order valence-electron chi connectivity index (χ2n) is 3.02. The molecule has 0 atom stereocenters. The molecule has 0 spiro atoms. The van der Waals surface area contributed by atoms with Crippen LogP contribution in [-0.4, -0.2) is 17.0 Å². The fourth-order valence-corrected chi connectivity index (χ4v) is 0.718. The quantitative estimate of drug-likeness (QED) is 0.496. The Labute approximate surface area is 99.8 Å². The van der Waals surface area contributed by atoms with Crippen LogP contribution in [-0.2, 0) is 9.53 Å². The molecule has 1 aromatic carbocycles. The molecule has 0 amide bonds. The van der Waals surface area contributed by atoms with Crippen LogP contribution < -0.4 is 0 Å². The van der Waals surface area contributed by atoms with Crippen LogP contribution in [0.15, 0.2) is 55.3 Å². The average molecular weight is 234 g/mol. The number of hydrogen-bond acceptors (Lipinski definition) is 3. The molecular weight excluding hydrogens is 220 g/mol. The van der Waals surface area contributed by atoms with Crippen LogP contribution in [0.1, 0.15) is 17.3 Å². The molecule has 1 aromatic rings. The summed E-state index contributed by atoms with van der Waals surface area (Å²) in [5.74, 6) is -1.31. The standard InChI is InChI=1S/C9H8O2.C4H6O2/c1-2-11-9(10)8-6-4-3-5-7-8;1-3(2)4(5)6/h2-7H,1H2;1H2,2H3,(H,5,6). The molecule has 0 aliphatic heterocycles. The Bertz CT molecular complexity index is 395. The summed E-state index contributed by atoms with van der Waals surface area (Å²) >= 11 is 0. The number of rotatable bonds is 3. The van der Waals surface area contributed by atoms with Crippen LogP contribution in [0, 0.1) is 0 Å². The van der Waals surface area contributed by atoms with E-state index in [0.29, 0.717) is 5.56 Å². The largest absolute Gasteiger partial charge is 0.478 e. The van der Waals surface area contributed by atoms with Gasteiger partial charge in [0.15, 0.2) is 0 Å². The molecule has 0 aromatic heterocycles. The Morgan fingerprint density at radius 2 is 1.76 bits per heavy atom. The van der Waals surface area contributed by atoms with Crippen LogP contribution in [0.4, 0.5) is 0 Å². The predicted octanol–water partition coefficient (Wildman–Crippen LogP) is 2.63. The van der Waals surface area contributed by atoms with Gasteiger partial charge in [-0.15, -0.1) is 0 Å². The molecule has 0 saturated heterocycles. The van der Waals surface area contributed by atoms with E-state index in [2.05, 4.69) is 17.9 Å². The second-order valence-corrected chi connectivity index (χ2v) is 3.02. The smallest absolute Gasteiger partial charge is 0.342 e. The van der Waals surface area contributed by atoms with Gasteiger partial charge < -0.3 is 9.84 Å². The molecule has 4 nitrogen and oxygen atoms in total. The first-order chi connectivity index (χ1) is 7.99. The van der Waals surface area contributed by atoms with Crippen molar-refractivity contribution >= 4 is 11.9 Å². The highest BCUT2D eigenvalue weighted by Crippen LogP contribution is 2.00. The normalized spacial score (nSPS) is 8.29. The summed E-state index contributed by atoms with van der Waals surface area (Å²) in [6.07, 6.45) is 1.12. The highest BCUT2D eigenvalue weighted by Gasteiger charge is 2.01. The lowest BCUT2D eigenvalue weighted by Gasteiger charge is -1.96. The number of ether oxygens (including phenoxy) is 1. The van der Waals surface area contributed by atoms with Crippen LogP contribution >= 0.6 is 0 Å². The maximum absolute atomic E-state index is 11.0. The fourth-order valence-electron chi connectivity index (χ4n) is 0.718. The molecular formula is C13H14O4. The van der Waals surface area contributed by atoms with Crippen molar-refractivity contribution in [2.75, 3.05) is 0 Å². The van der Waals surface area contributed by atoms with Crippen molar-refractivity contribution in [3.8, 4) is 0 Å². The molecule has 0 unspecified atom stereocenters. The van der Waals surface area contributed by atoms with Gasteiger partial charge in [-0.05, 0) is 19.1 Å². The minimum Gasteiger partial charge on any atom is -0.478 e. The molecule has 90 valence electrons. The maximum atomic E-state index is 11.0. The Morgan fingerprint density at radius 3 is 2.12 bits per heavy atom. The van der Waals surface area contributed by atoms with Crippen molar-refractivity contribution in [1.29, 1.82) is 0 Å². The van der Waals surface area contributed by atoms with Crippen LogP contribution in [0.5, 0.6) is 0 Å². The topological polar surface area (TPSA) is 63.6 Å². The van der Waals surface area contributed by atoms with Crippen molar-refractivity contribution in [3.63, 3.8) is 0 Å². The number of aliphatic carboxylic acids is 1. The molecule has 0 fully saturated rings. The first-order valence-corrected chi connectivity index (χ1v) is 4.74. The summed E-state index contributed by atoms with van der Waals surface area (Å²) < 4.78 is 4.55. The molecule has 0 aliphatic carbocycles. The van der Waals surface area contributed by atoms with Crippen molar-refractivity contribution in [3.05, 3.63) is 60.9 Å². The van der Waals surface area contributed by atoms with Crippen molar-refractivity contribution in [2.45, 2.75) is 6.92 Å². The lowest BCUT2D eigenvalue weighted by molar-refractivity contribution is -0.132. The monoisotopic (exact) mass is 234 g/mol. The number of esters is 1. The molecule has 1 rings (SSSR count). The van der Waals surface area contributed by atoms with Crippen LogP contribution in [0.3, 0.4) is 0 Å². The van der Waals surface area contributed by atoms with Crippen molar-refractivity contribution < 1.29 is 19.4 Å². The first-order valence-electron chi connectivity index (χ1n) is 4.74. The zero-order valence-electron chi connectivity index (χ0n) is 9.55. The van der Waals surface area contributed by atoms with Crippen molar-refractivity contribution in [1.82, 2.24) is 0 Å². The van der Waals surface area contributed by atoms with Crippen molar-refractivity contribution in [2.24, 2.45) is 0 Å².